The van der Waals surface area contributed by atoms with Gasteiger partial charge in [0.2, 0.25) is 5.91 Å². The summed E-state index contributed by atoms with van der Waals surface area (Å²) in [7, 11) is 0. The number of aromatic nitrogens is 1. The van der Waals surface area contributed by atoms with Crippen molar-refractivity contribution in [3.63, 3.8) is 0 Å². The summed E-state index contributed by atoms with van der Waals surface area (Å²) < 4.78 is 0. The fourth-order valence-electron chi connectivity index (χ4n) is 1.67. The van der Waals surface area contributed by atoms with E-state index >= 15 is 0 Å². The van der Waals surface area contributed by atoms with E-state index in [0.717, 1.165) is 12.0 Å². The van der Waals surface area contributed by atoms with Gasteiger partial charge in [0.1, 0.15) is 0 Å². The van der Waals surface area contributed by atoms with Gasteiger partial charge in [0, 0.05) is 18.9 Å². The van der Waals surface area contributed by atoms with E-state index in [1.807, 2.05) is 13.0 Å². The van der Waals surface area contributed by atoms with Crippen molar-refractivity contribution < 1.29 is 9.90 Å². The second kappa shape index (κ2) is 6.35. The third-order valence-corrected chi connectivity index (χ3v) is 2.54. The Morgan fingerprint density at radius 1 is 1.59 bits per heavy atom. The lowest BCUT2D eigenvalue weighted by atomic mass is 10.0. The largest absolute Gasteiger partial charge is 0.388 e. The average Bonchev–Trinajstić information content (AvgIpc) is 2.28. The molecule has 4 heteroatoms. The van der Waals surface area contributed by atoms with Crippen LogP contribution in [0.3, 0.4) is 0 Å². The number of carbonyl (C=O) groups is 1. The molecule has 0 aliphatic rings. The monoisotopic (exact) mass is 236 g/mol. The Labute approximate surface area is 102 Å². The summed E-state index contributed by atoms with van der Waals surface area (Å²) in [6.07, 6.45) is 5.22. The van der Waals surface area contributed by atoms with Crippen LogP contribution in [0.5, 0.6) is 0 Å². The molecule has 0 saturated heterocycles. The first-order valence-electron chi connectivity index (χ1n) is 5.91. The van der Waals surface area contributed by atoms with Crippen LogP contribution >= 0.6 is 0 Å². The van der Waals surface area contributed by atoms with Crippen LogP contribution in [0.2, 0.25) is 0 Å². The number of carbonyl (C=O) groups excluding carboxylic acids is 1. The highest BCUT2D eigenvalue weighted by Gasteiger charge is 2.19. The zero-order chi connectivity index (χ0) is 12.7. The van der Waals surface area contributed by atoms with Gasteiger partial charge in [0.15, 0.2) is 0 Å². The smallest absolute Gasteiger partial charge is 0.224 e. The van der Waals surface area contributed by atoms with Gasteiger partial charge in [-0.2, -0.15) is 0 Å². The zero-order valence-corrected chi connectivity index (χ0v) is 10.4. The number of rotatable bonds is 6. The summed E-state index contributed by atoms with van der Waals surface area (Å²) in [6.45, 7) is 4.03. The Kier molecular flexibility index (Phi) is 5.10. The molecule has 0 fully saturated rings. The standard InChI is InChI=1S/C13H20N2O2/c1-3-6-13(2,17)10-15-12(16)8-11-5-4-7-14-9-11/h4-5,7,9,17H,3,6,8,10H2,1-2H3,(H,15,16). The molecule has 0 radical (unpaired) electrons. The minimum Gasteiger partial charge on any atom is -0.388 e. The van der Waals surface area contributed by atoms with Crippen LogP contribution in [-0.2, 0) is 11.2 Å². The predicted octanol–water partition coefficient (Wildman–Crippen LogP) is 1.29. The number of pyridine rings is 1. The SMILES string of the molecule is CCCC(C)(O)CNC(=O)Cc1cccnc1. The van der Waals surface area contributed by atoms with Crippen LogP contribution in [0.25, 0.3) is 0 Å². The number of hydrogen-bond donors (Lipinski definition) is 2. The van der Waals surface area contributed by atoms with Crippen LogP contribution in [0.4, 0.5) is 0 Å². The van der Waals surface area contributed by atoms with Gasteiger partial charge in [-0.25, -0.2) is 0 Å². The van der Waals surface area contributed by atoms with Crippen molar-refractivity contribution in [1.82, 2.24) is 10.3 Å². The van der Waals surface area contributed by atoms with Crippen molar-refractivity contribution in [3.8, 4) is 0 Å². The summed E-state index contributed by atoms with van der Waals surface area (Å²) in [6, 6.07) is 3.66. The Bertz CT molecular complexity index is 350. The predicted molar refractivity (Wildman–Crippen MR) is 66.5 cm³/mol. The molecular formula is C13H20N2O2. The van der Waals surface area contributed by atoms with Crippen LogP contribution in [0, 0.1) is 0 Å². The van der Waals surface area contributed by atoms with Crippen LogP contribution in [0.15, 0.2) is 24.5 Å². The lowest BCUT2D eigenvalue weighted by Gasteiger charge is -2.22. The van der Waals surface area contributed by atoms with Crippen LogP contribution in [0.1, 0.15) is 32.3 Å². The first kappa shape index (κ1) is 13.6. The molecule has 1 aromatic heterocycles. The molecular weight excluding hydrogens is 216 g/mol. The van der Waals surface area contributed by atoms with Crippen molar-refractivity contribution in [3.05, 3.63) is 30.1 Å². The molecule has 1 amide bonds. The van der Waals surface area contributed by atoms with Gasteiger partial charge in [-0.3, -0.25) is 9.78 Å². The third-order valence-electron chi connectivity index (χ3n) is 2.54. The molecule has 1 rings (SSSR count). The topological polar surface area (TPSA) is 62.2 Å². The molecule has 17 heavy (non-hydrogen) atoms. The molecule has 0 saturated carbocycles. The van der Waals surface area contributed by atoms with E-state index < -0.39 is 5.60 Å². The van der Waals surface area contributed by atoms with Crippen molar-refractivity contribution in [2.24, 2.45) is 0 Å². The van der Waals surface area contributed by atoms with Crippen LogP contribution in [-0.4, -0.2) is 28.1 Å². The molecule has 1 unspecified atom stereocenters. The molecule has 0 spiro atoms. The van der Waals surface area contributed by atoms with E-state index in [0.29, 0.717) is 19.4 Å². The maximum absolute atomic E-state index is 11.6. The summed E-state index contributed by atoms with van der Waals surface area (Å²) in [4.78, 5) is 15.6. The molecule has 4 nitrogen and oxygen atoms in total. The Morgan fingerprint density at radius 3 is 2.94 bits per heavy atom. The molecule has 0 aromatic carbocycles. The fourth-order valence-corrected chi connectivity index (χ4v) is 1.67. The summed E-state index contributed by atoms with van der Waals surface area (Å²) >= 11 is 0. The van der Waals surface area contributed by atoms with E-state index in [1.165, 1.54) is 0 Å². The van der Waals surface area contributed by atoms with E-state index in [-0.39, 0.29) is 5.91 Å². The molecule has 1 atom stereocenters. The van der Waals surface area contributed by atoms with Gasteiger partial charge >= 0.3 is 0 Å². The Balaban J connectivity index is 2.36. The zero-order valence-electron chi connectivity index (χ0n) is 10.4. The Morgan fingerprint density at radius 2 is 2.35 bits per heavy atom. The summed E-state index contributed by atoms with van der Waals surface area (Å²) in [5.74, 6) is -0.0885. The summed E-state index contributed by atoms with van der Waals surface area (Å²) in [5, 5.41) is 12.6. The molecule has 0 aliphatic heterocycles. The fraction of sp³-hybridized carbons (Fsp3) is 0.538. The highest BCUT2D eigenvalue weighted by molar-refractivity contribution is 5.78. The van der Waals surface area contributed by atoms with Crippen LogP contribution < -0.4 is 5.32 Å². The number of nitrogens with zero attached hydrogens (tertiary/aromatic N) is 1. The van der Waals surface area contributed by atoms with Gasteiger partial charge < -0.3 is 10.4 Å². The van der Waals surface area contributed by atoms with Crippen molar-refractivity contribution >= 4 is 5.91 Å². The number of aliphatic hydroxyl groups is 1. The van der Waals surface area contributed by atoms with Crippen molar-refractivity contribution in [2.75, 3.05) is 6.54 Å². The molecule has 0 bridgehead atoms. The molecule has 94 valence electrons. The van der Waals surface area contributed by atoms with Gasteiger partial charge in [-0.1, -0.05) is 19.4 Å². The van der Waals surface area contributed by atoms with Gasteiger partial charge in [-0.15, -0.1) is 0 Å². The van der Waals surface area contributed by atoms with Gasteiger partial charge in [-0.05, 0) is 25.0 Å². The number of amides is 1. The second-order valence-electron chi connectivity index (χ2n) is 4.56. The highest BCUT2D eigenvalue weighted by Crippen LogP contribution is 2.10. The minimum atomic E-state index is -0.820. The number of nitrogens with one attached hydrogen (secondary N) is 1. The summed E-state index contributed by atoms with van der Waals surface area (Å²) in [5.41, 5.74) is 0.0550. The first-order valence-corrected chi connectivity index (χ1v) is 5.91. The van der Waals surface area contributed by atoms with Crippen molar-refractivity contribution in [1.29, 1.82) is 0 Å². The third kappa shape index (κ3) is 5.45. The van der Waals surface area contributed by atoms with E-state index in [9.17, 15) is 9.90 Å². The average molecular weight is 236 g/mol. The van der Waals surface area contributed by atoms with Gasteiger partial charge in [0.05, 0.1) is 12.0 Å². The quantitative estimate of drug-likeness (QED) is 0.782. The van der Waals surface area contributed by atoms with E-state index in [2.05, 4.69) is 10.3 Å². The first-order chi connectivity index (χ1) is 8.03. The molecule has 1 aromatic rings. The maximum atomic E-state index is 11.6. The minimum absolute atomic E-state index is 0.0885. The normalized spacial score (nSPS) is 14.1. The number of hydrogen-bond acceptors (Lipinski definition) is 3. The molecule has 2 N–H and O–H groups in total. The van der Waals surface area contributed by atoms with Crippen molar-refractivity contribution in [2.45, 2.75) is 38.7 Å². The van der Waals surface area contributed by atoms with E-state index in [4.69, 9.17) is 0 Å². The van der Waals surface area contributed by atoms with E-state index in [1.54, 1.807) is 25.4 Å². The molecule has 0 aliphatic carbocycles. The maximum Gasteiger partial charge on any atom is 0.224 e. The Hall–Kier alpha value is -1.42. The lowest BCUT2D eigenvalue weighted by molar-refractivity contribution is -0.121. The highest BCUT2D eigenvalue weighted by atomic mass is 16.3. The molecule has 1 heterocycles. The lowest BCUT2D eigenvalue weighted by Crippen LogP contribution is -2.41. The van der Waals surface area contributed by atoms with Gasteiger partial charge in [0.25, 0.3) is 0 Å². The second-order valence-corrected chi connectivity index (χ2v) is 4.56.